The van der Waals surface area contributed by atoms with Crippen LogP contribution in [0.4, 0.5) is 10.9 Å². The van der Waals surface area contributed by atoms with Crippen LogP contribution in [0.15, 0.2) is 18.3 Å². The highest BCUT2D eigenvalue weighted by Crippen LogP contribution is 2.40. The molecule has 0 aliphatic carbocycles. The molecule has 4 aromatic rings. The van der Waals surface area contributed by atoms with Crippen molar-refractivity contribution in [2.45, 2.75) is 19.4 Å². The number of aryl methyl sites for hydroxylation is 1. The van der Waals surface area contributed by atoms with E-state index in [0.29, 0.717) is 24.5 Å². The Morgan fingerprint density at radius 3 is 2.69 bits per heavy atom. The van der Waals surface area contributed by atoms with Gasteiger partial charge in [-0.1, -0.05) is 34.3 Å². The van der Waals surface area contributed by atoms with Crippen LogP contribution in [0.2, 0.25) is 5.15 Å². The number of fused-ring (bicyclic) bond motifs is 3. The van der Waals surface area contributed by atoms with E-state index in [4.69, 9.17) is 21.3 Å². The average Bonchev–Trinajstić information content (AvgIpc) is 3.51. The summed E-state index contributed by atoms with van der Waals surface area (Å²) >= 11 is 9.39. The predicted molar refractivity (Wildman–Crippen MR) is 138 cm³/mol. The molecule has 5 rings (SSSR count). The number of aromatic nitrogens is 5. The van der Waals surface area contributed by atoms with E-state index in [-0.39, 0.29) is 23.7 Å². The van der Waals surface area contributed by atoms with E-state index in [2.05, 4.69) is 15.1 Å². The summed E-state index contributed by atoms with van der Waals surface area (Å²) in [4.78, 5) is 34.6. The molecule has 1 unspecified atom stereocenters. The lowest BCUT2D eigenvalue weighted by atomic mass is 10.0. The van der Waals surface area contributed by atoms with E-state index in [1.165, 1.54) is 0 Å². The molecule has 4 aromatic heterocycles. The van der Waals surface area contributed by atoms with Gasteiger partial charge in [-0.3, -0.25) is 4.79 Å². The van der Waals surface area contributed by atoms with Crippen LogP contribution >= 0.6 is 34.3 Å². The molecule has 0 N–H and O–H groups in total. The molecule has 0 saturated heterocycles. The number of hydrogen-bond donors (Lipinski definition) is 0. The summed E-state index contributed by atoms with van der Waals surface area (Å²) in [6.07, 6.45) is 2.48. The fourth-order valence-corrected chi connectivity index (χ4v) is 5.95. The number of amides is 1. The first-order valence-electron chi connectivity index (χ1n) is 11.0. The summed E-state index contributed by atoms with van der Waals surface area (Å²) in [7, 11) is 7.66. The molecule has 0 fully saturated rings. The Labute approximate surface area is 215 Å². The van der Waals surface area contributed by atoms with Gasteiger partial charge in [-0.2, -0.15) is 5.10 Å². The molecule has 13 heteroatoms. The molecule has 1 aliphatic rings. The van der Waals surface area contributed by atoms with Crippen LogP contribution < -0.4 is 14.5 Å². The summed E-state index contributed by atoms with van der Waals surface area (Å²) in [5.74, 6) is 0.923. The number of ether oxygens (including phenoxy) is 1. The standard InChI is InChI=1S/C22H25ClN8O2S2/c1-12-27-31-18-13(25-22(31)34-12)8-9-30(19(18)15-10-24-21(35-15)29(4)5)17(32)11-33-14-6-7-16(28(2)3)26-20(14)23/h6-7,10,19H,8-9,11H2,1-5H3. The van der Waals surface area contributed by atoms with Crippen molar-refractivity contribution >= 4 is 56.1 Å². The van der Waals surface area contributed by atoms with Crippen molar-refractivity contribution in [3.8, 4) is 5.75 Å². The Bertz CT molecular complexity index is 1400. The fraction of sp³-hybridized carbons (Fsp3) is 0.409. The lowest BCUT2D eigenvalue weighted by Crippen LogP contribution is -2.43. The lowest BCUT2D eigenvalue weighted by Gasteiger charge is -2.34. The molecule has 0 bridgehead atoms. The Kier molecular flexibility index (Phi) is 6.28. The molecule has 184 valence electrons. The first kappa shape index (κ1) is 23.8. The van der Waals surface area contributed by atoms with Gasteiger partial charge in [-0.15, -0.1) is 0 Å². The number of thiazole rings is 1. The molecular weight excluding hydrogens is 508 g/mol. The number of hydrogen-bond acceptors (Lipinski definition) is 10. The van der Waals surface area contributed by atoms with Crippen LogP contribution in [-0.4, -0.2) is 76.7 Å². The van der Waals surface area contributed by atoms with E-state index in [9.17, 15) is 4.79 Å². The molecule has 0 aromatic carbocycles. The molecule has 5 heterocycles. The van der Waals surface area contributed by atoms with Gasteiger partial charge in [-0.05, 0) is 19.1 Å². The van der Waals surface area contributed by atoms with Crippen LogP contribution in [0.1, 0.15) is 27.3 Å². The van der Waals surface area contributed by atoms with E-state index < -0.39 is 0 Å². The van der Waals surface area contributed by atoms with Crippen LogP contribution in [0, 0.1) is 6.92 Å². The molecule has 0 saturated carbocycles. The predicted octanol–water partition coefficient (Wildman–Crippen LogP) is 3.29. The van der Waals surface area contributed by atoms with E-state index >= 15 is 0 Å². The van der Waals surface area contributed by atoms with Gasteiger partial charge in [0.1, 0.15) is 16.9 Å². The van der Waals surface area contributed by atoms with E-state index in [1.807, 2.05) is 60.5 Å². The maximum absolute atomic E-state index is 13.5. The molecule has 0 spiro atoms. The van der Waals surface area contributed by atoms with Crippen LogP contribution in [-0.2, 0) is 11.2 Å². The number of carbonyl (C=O) groups is 1. The summed E-state index contributed by atoms with van der Waals surface area (Å²) in [6.45, 7) is 2.31. The minimum atomic E-state index is -0.359. The second-order valence-corrected chi connectivity index (χ2v) is 11.1. The van der Waals surface area contributed by atoms with E-state index in [0.717, 1.165) is 31.4 Å². The zero-order valence-corrected chi connectivity index (χ0v) is 22.4. The quantitative estimate of drug-likeness (QED) is 0.349. The highest BCUT2D eigenvalue weighted by molar-refractivity contribution is 7.16. The monoisotopic (exact) mass is 532 g/mol. The number of anilines is 2. The zero-order chi connectivity index (χ0) is 24.9. The van der Waals surface area contributed by atoms with Gasteiger partial charge in [-0.25, -0.2) is 19.5 Å². The number of pyridine rings is 1. The Balaban J connectivity index is 1.46. The number of imidazole rings is 1. The maximum Gasteiger partial charge on any atom is 0.261 e. The van der Waals surface area contributed by atoms with Crippen molar-refractivity contribution in [2.24, 2.45) is 0 Å². The smallest absolute Gasteiger partial charge is 0.261 e. The van der Waals surface area contributed by atoms with Crippen molar-refractivity contribution in [1.82, 2.24) is 29.5 Å². The minimum absolute atomic E-state index is 0.157. The third kappa shape index (κ3) is 4.41. The average molecular weight is 533 g/mol. The Hall–Kier alpha value is -2.96. The van der Waals surface area contributed by atoms with E-state index in [1.54, 1.807) is 34.8 Å². The topological polar surface area (TPSA) is 92.0 Å². The molecule has 1 atom stereocenters. The molecule has 0 radical (unpaired) electrons. The Morgan fingerprint density at radius 2 is 2.00 bits per heavy atom. The molecule has 1 aliphatic heterocycles. The van der Waals surface area contributed by atoms with Gasteiger partial charge in [0.25, 0.3) is 5.91 Å². The first-order valence-corrected chi connectivity index (χ1v) is 13.0. The third-order valence-electron chi connectivity index (χ3n) is 5.67. The summed E-state index contributed by atoms with van der Waals surface area (Å²) in [6, 6.07) is 3.17. The summed E-state index contributed by atoms with van der Waals surface area (Å²) < 4.78 is 7.69. The van der Waals surface area contributed by atoms with Gasteiger partial charge >= 0.3 is 0 Å². The van der Waals surface area contributed by atoms with Gasteiger partial charge in [0.2, 0.25) is 4.96 Å². The molecular formula is C22H25ClN8O2S2. The first-order chi connectivity index (χ1) is 16.7. The highest BCUT2D eigenvalue weighted by atomic mass is 35.5. The lowest BCUT2D eigenvalue weighted by molar-refractivity contribution is -0.135. The number of halogens is 1. The summed E-state index contributed by atoms with van der Waals surface area (Å²) in [5, 5.41) is 6.68. The maximum atomic E-state index is 13.5. The SMILES string of the molecule is Cc1nn2c3c(nc2s1)CCN(C(=O)COc1ccc(N(C)C)nc1Cl)C3c1cnc(N(C)C)s1. The van der Waals surface area contributed by atoms with Crippen molar-refractivity contribution in [2.75, 3.05) is 51.1 Å². The van der Waals surface area contributed by atoms with Crippen LogP contribution in [0.5, 0.6) is 5.75 Å². The second-order valence-electron chi connectivity index (χ2n) is 8.58. The number of nitrogens with zero attached hydrogens (tertiary/aromatic N) is 8. The Morgan fingerprint density at radius 1 is 1.20 bits per heavy atom. The van der Waals surface area contributed by atoms with Gasteiger partial charge in [0.15, 0.2) is 22.6 Å². The minimum Gasteiger partial charge on any atom is -0.481 e. The molecule has 1 amide bonds. The van der Waals surface area contributed by atoms with Gasteiger partial charge in [0.05, 0.1) is 16.3 Å². The van der Waals surface area contributed by atoms with Crippen LogP contribution in [0.3, 0.4) is 0 Å². The molecule has 35 heavy (non-hydrogen) atoms. The van der Waals surface area contributed by atoms with Crippen LogP contribution in [0.25, 0.3) is 4.96 Å². The van der Waals surface area contributed by atoms with Gasteiger partial charge < -0.3 is 19.4 Å². The third-order valence-corrected chi connectivity index (χ3v) is 7.98. The number of carbonyl (C=O) groups excluding carboxylic acids is 1. The van der Waals surface area contributed by atoms with Crippen molar-refractivity contribution in [1.29, 1.82) is 0 Å². The molecule has 10 nitrogen and oxygen atoms in total. The normalized spacial score (nSPS) is 15.4. The second kappa shape index (κ2) is 9.25. The van der Waals surface area contributed by atoms with Crippen molar-refractivity contribution < 1.29 is 9.53 Å². The number of rotatable bonds is 6. The highest BCUT2D eigenvalue weighted by Gasteiger charge is 2.38. The van der Waals surface area contributed by atoms with Crippen molar-refractivity contribution in [3.05, 3.63) is 44.8 Å². The zero-order valence-electron chi connectivity index (χ0n) is 20.0. The van der Waals surface area contributed by atoms with Crippen molar-refractivity contribution in [3.63, 3.8) is 0 Å². The largest absolute Gasteiger partial charge is 0.481 e. The fourth-order valence-electron chi connectivity index (χ4n) is 4.02. The summed E-state index contributed by atoms with van der Waals surface area (Å²) in [5.41, 5.74) is 1.87. The van der Waals surface area contributed by atoms with Gasteiger partial charge in [0, 0.05) is 47.4 Å².